The number of aryl methyl sites for hydroxylation is 4. The van der Waals surface area contributed by atoms with Crippen LogP contribution in [-0.2, 0) is 0 Å². The van der Waals surface area contributed by atoms with Crippen molar-refractivity contribution < 1.29 is 28.3 Å². The summed E-state index contributed by atoms with van der Waals surface area (Å²) in [6.07, 6.45) is 1.22. The first-order valence-corrected chi connectivity index (χ1v) is 13.2. The molecule has 1 aromatic heterocycles. The zero-order valence-electron chi connectivity index (χ0n) is 23.3. The maximum Gasteiger partial charge on any atom is 0.343 e. The summed E-state index contributed by atoms with van der Waals surface area (Å²) < 4.78 is 17.0. The topological polar surface area (TPSA) is 103 Å². The summed E-state index contributed by atoms with van der Waals surface area (Å²) in [6, 6.07) is 19.8. The minimum absolute atomic E-state index is 0.0319. The zero-order chi connectivity index (χ0) is 29.7. The van der Waals surface area contributed by atoms with Crippen molar-refractivity contribution in [1.82, 2.24) is 0 Å². The van der Waals surface area contributed by atoms with Gasteiger partial charge in [0.25, 0.3) is 11.8 Å². The van der Waals surface area contributed by atoms with Gasteiger partial charge in [-0.15, -0.1) is 0 Å². The lowest BCUT2D eigenvalue weighted by Gasteiger charge is -2.17. The molecule has 1 aliphatic rings. The van der Waals surface area contributed by atoms with Gasteiger partial charge in [-0.2, -0.15) is 0 Å². The van der Waals surface area contributed by atoms with E-state index in [1.165, 1.54) is 42.7 Å². The van der Waals surface area contributed by atoms with Gasteiger partial charge in [-0.3, -0.25) is 14.4 Å². The van der Waals surface area contributed by atoms with E-state index < -0.39 is 17.8 Å². The maximum atomic E-state index is 13.3. The monoisotopic (exact) mass is 559 g/mol. The number of hydrogen-bond donors (Lipinski definition) is 0. The van der Waals surface area contributed by atoms with E-state index in [2.05, 4.69) is 0 Å². The van der Waals surface area contributed by atoms with Crippen LogP contribution in [0.15, 0.2) is 88.3 Å². The highest BCUT2D eigenvalue weighted by Crippen LogP contribution is 2.32. The number of anilines is 1. The second-order valence-corrected chi connectivity index (χ2v) is 10.4. The van der Waals surface area contributed by atoms with Gasteiger partial charge in [0.1, 0.15) is 23.3 Å². The molecule has 6 rings (SSSR count). The number of ether oxygens (including phenoxy) is 2. The average Bonchev–Trinajstić information content (AvgIpc) is 3.20. The molecular weight excluding hydrogens is 534 g/mol. The third-order valence-electron chi connectivity index (χ3n) is 7.08. The molecule has 0 radical (unpaired) electrons. The highest BCUT2D eigenvalue weighted by atomic mass is 16.5. The average molecular weight is 560 g/mol. The molecule has 0 saturated heterocycles. The number of hydrogen-bond acceptors (Lipinski definition) is 7. The molecule has 4 aromatic carbocycles. The number of fused-ring (bicyclic) bond motifs is 2. The summed E-state index contributed by atoms with van der Waals surface area (Å²) in [5, 5.41) is 0.254. The molecule has 0 unspecified atom stereocenters. The third-order valence-corrected chi connectivity index (χ3v) is 7.08. The van der Waals surface area contributed by atoms with Crippen LogP contribution in [0.25, 0.3) is 11.0 Å². The van der Waals surface area contributed by atoms with E-state index in [-0.39, 0.29) is 44.6 Å². The predicted octanol–water partition coefficient (Wildman–Crippen LogP) is 6.84. The van der Waals surface area contributed by atoms with Crippen LogP contribution < -0.4 is 19.8 Å². The first-order valence-electron chi connectivity index (χ1n) is 13.2. The van der Waals surface area contributed by atoms with Crippen molar-refractivity contribution >= 4 is 34.4 Å². The fraction of sp³-hybridized carbons (Fsp3) is 0.118. The molecule has 2 heterocycles. The largest absolute Gasteiger partial charge is 0.460 e. The molecule has 8 heteroatoms. The van der Waals surface area contributed by atoms with E-state index in [4.69, 9.17) is 13.9 Å². The Balaban J connectivity index is 1.23. The van der Waals surface area contributed by atoms with Gasteiger partial charge in [-0.25, -0.2) is 9.69 Å². The van der Waals surface area contributed by atoms with Crippen molar-refractivity contribution in [3.63, 3.8) is 0 Å². The van der Waals surface area contributed by atoms with Crippen molar-refractivity contribution in [3.05, 3.63) is 128 Å². The fourth-order valence-electron chi connectivity index (χ4n) is 5.06. The van der Waals surface area contributed by atoms with Crippen LogP contribution in [0.1, 0.15) is 53.3 Å². The number of amides is 2. The van der Waals surface area contributed by atoms with Crippen LogP contribution in [0, 0.1) is 27.7 Å². The van der Waals surface area contributed by atoms with Gasteiger partial charge in [0.15, 0.2) is 0 Å². The van der Waals surface area contributed by atoms with E-state index in [0.29, 0.717) is 11.4 Å². The molecule has 208 valence electrons. The number of imide groups is 1. The fourth-order valence-corrected chi connectivity index (χ4v) is 5.06. The smallest absolute Gasteiger partial charge is 0.343 e. The Morgan fingerprint density at radius 1 is 0.714 bits per heavy atom. The van der Waals surface area contributed by atoms with Gasteiger partial charge >= 0.3 is 5.97 Å². The highest BCUT2D eigenvalue weighted by molar-refractivity contribution is 6.35. The van der Waals surface area contributed by atoms with E-state index >= 15 is 0 Å². The molecule has 8 nitrogen and oxygen atoms in total. The summed E-state index contributed by atoms with van der Waals surface area (Å²) in [5.74, 6) is -1.00. The number of benzene rings is 4. The normalized spacial score (nSPS) is 12.5. The number of carbonyl (C=O) groups is 3. The molecular formula is C34H25NO7. The SMILES string of the molecule is Cc1cc(C)cc(Oc2coc3cc(OC(=O)c4ccc5c(c4)C(=O)N(c4cc(C)ccc4C)C5=O)ccc3c2=O)c1. The van der Waals surface area contributed by atoms with E-state index in [9.17, 15) is 19.2 Å². The van der Waals surface area contributed by atoms with Gasteiger partial charge in [0, 0.05) is 6.07 Å². The molecule has 0 N–H and O–H groups in total. The van der Waals surface area contributed by atoms with Crippen LogP contribution in [-0.4, -0.2) is 17.8 Å². The van der Waals surface area contributed by atoms with Crippen molar-refractivity contribution in [2.45, 2.75) is 27.7 Å². The summed E-state index contributed by atoms with van der Waals surface area (Å²) >= 11 is 0. The number of rotatable bonds is 5. The first-order chi connectivity index (χ1) is 20.1. The summed E-state index contributed by atoms with van der Waals surface area (Å²) in [6.45, 7) is 7.58. The van der Waals surface area contributed by atoms with E-state index in [0.717, 1.165) is 27.2 Å². The molecule has 0 aliphatic carbocycles. The Hall–Kier alpha value is -5.50. The van der Waals surface area contributed by atoms with Gasteiger partial charge in [0.05, 0.1) is 27.8 Å². The number of carbonyl (C=O) groups excluding carboxylic acids is 3. The molecule has 1 aliphatic heterocycles. The molecule has 5 aromatic rings. The summed E-state index contributed by atoms with van der Waals surface area (Å²) in [7, 11) is 0. The second kappa shape index (κ2) is 10.2. The van der Waals surface area contributed by atoms with Crippen LogP contribution in [0.5, 0.6) is 17.2 Å². The lowest BCUT2D eigenvalue weighted by molar-refractivity contribution is 0.0734. The molecule has 2 amide bonds. The lowest BCUT2D eigenvalue weighted by Crippen LogP contribution is -2.30. The molecule has 0 saturated carbocycles. The van der Waals surface area contributed by atoms with Gasteiger partial charge in [-0.1, -0.05) is 18.2 Å². The Morgan fingerprint density at radius 2 is 1.45 bits per heavy atom. The van der Waals surface area contributed by atoms with E-state index in [1.54, 1.807) is 6.07 Å². The van der Waals surface area contributed by atoms with Crippen molar-refractivity contribution in [2.24, 2.45) is 0 Å². The first kappa shape index (κ1) is 26.7. The van der Waals surface area contributed by atoms with Crippen molar-refractivity contribution in [2.75, 3.05) is 4.90 Å². The standard InChI is InChI=1S/C34H25NO7/c1-18-5-6-21(4)28(14-18)35-32(37)25-9-7-22(15-27(25)33(35)38)34(39)42-23-8-10-26-29(16-23)40-17-30(31(26)36)41-24-12-19(2)11-20(3)13-24/h5-17H,1-4H3. The molecule has 0 atom stereocenters. The Kier molecular flexibility index (Phi) is 6.46. The third kappa shape index (κ3) is 4.73. The quantitative estimate of drug-likeness (QED) is 0.132. The minimum Gasteiger partial charge on any atom is -0.460 e. The second-order valence-electron chi connectivity index (χ2n) is 10.4. The van der Waals surface area contributed by atoms with Crippen LogP contribution in [0.3, 0.4) is 0 Å². The van der Waals surface area contributed by atoms with Gasteiger partial charge in [0.2, 0.25) is 11.2 Å². The minimum atomic E-state index is -0.736. The Bertz CT molecular complexity index is 2000. The van der Waals surface area contributed by atoms with Crippen molar-refractivity contribution in [3.8, 4) is 17.2 Å². The number of nitrogens with zero attached hydrogens (tertiary/aromatic N) is 1. The van der Waals surface area contributed by atoms with Gasteiger partial charge < -0.3 is 13.9 Å². The van der Waals surface area contributed by atoms with Crippen molar-refractivity contribution in [1.29, 1.82) is 0 Å². The molecule has 0 bridgehead atoms. The maximum absolute atomic E-state index is 13.3. The Morgan fingerprint density at radius 3 is 2.21 bits per heavy atom. The molecule has 42 heavy (non-hydrogen) atoms. The molecule has 0 fully saturated rings. The van der Waals surface area contributed by atoms with Crippen LogP contribution in [0.4, 0.5) is 5.69 Å². The lowest BCUT2D eigenvalue weighted by atomic mass is 10.1. The van der Waals surface area contributed by atoms with Gasteiger partial charge in [-0.05, 0) is 98.5 Å². The highest BCUT2D eigenvalue weighted by Gasteiger charge is 2.38. The predicted molar refractivity (Wildman–Crippen MR) is 157 cm³/mol. The summed E-state index contributed by atoms with van der Waals surface area (Å²) in [5.41, 5.74) is 4.45. The van der Waals surface area contributed by atoms with Crippen LogP contribution >= 0.6 is 0 Å². The number of esters is 1. The summed E-state index contributed by atoms with van der Waals surface area (Å²) in [4.78, 5) is 53.5. The molecule has 0 spiro atoms. The van der Waals surface area contributed by atoms with E-state index in [1.807, 2.05) is 58.0 Å². The van der Waals surface area contributed by atoms with Crippen LogP contribution in [0.2, 0.25) is 0 Å². The Labute approximate surface area is 240 Å². The zero-order valence-corrected chi connectivity index (χ0v) is 23.3.